The van der Waals surface area contributed by atoms with Crippen molar-refractivity contribution in [2.75, 3.05) is 24.7 Å². The maximum absolute atomic E-state index is 5.59. The van der Waals surface area contributed by atoms with Gasteiger partial charge in [-0.05, 0) is 18.1 Å². The Labute approximate surface area is 110 Å². The zero-order valence-corrected chi connectivity index (χ0v) is 11.7. The first-order chi connectivity index (χ1) is 8.59. The van der Waals surface area contributed by atoms with Gasteiger partial charge in [-0.1, -0.05) is 45.5 Å². The van der Waals surface area contributed by atoms with Crippen molar-refractivity contribution in [1.29, 1.82) is 0 Å². The monoisotopic (exact) mass is 245 g/mol. The van der Waals surface area contributed by atoms with Crippen molar-refractivity contribution in [1.82, 2.24) is 0 Å². The lowest BCUT2D eigenvalue weighted by atomic mass is 9.85. The van der Waals surface area contributed by atoms with E-state index in [0.29, 0.717) is 0 Å². The van der Waals surface area contributed by atoms with Crippen LogP contribution in [0.15, 0.2) is 36.5 Å². The van der Waals surface area contributed by atoms with Crippen LogP contribution in [-0.2, 0) is 10.2 Å². The Morgan fingerprint density at radius 2 is 1.94 bits per heavy atom. The summed E-state index contributed by atoms with van der Waals surface area (Å²) in [6.07, 6.45) is 1.07. The molecule has 1 aliphatic heterocycles. The number of hydrogen-bond acceptors (Lipinski definition) is 2. The van der Waals surface area contributed by atoms with Gasteiger partial charge >= 0.3 is 0 Å². The molecule has 0 spiro atoms. The Bertz CT molecular complexity index is 436. The number of ether oxygens (including phenoxy) is 1. The van der Waals surface area contributed by atoms with Crippen molar-refractivity contribution in [3.05, 3.63) is 42.1 Å². The second-order valence-electron chi connectivity index (χ2n) is 5.35. The highest BCUT2D eigenvalue weighted by atomic mass is 16.5. The molecule has 1 aliphatic rings. The summed E-state index contributed by atoms with van der Waals surface area (Å²) in [4.78, 5) is 2.30. The van der Waals surface area contributed by atoms with Crippen LogP contribution in [0.25, 0.3) is 0 Å². The van der Waals surface area contributed by atoms with Crippen LogP contribution in [0.2, 0.25) is 0 Å². The summed E-state index contributed by atoms with van der Waals surface area (Å²) in [5.41, 5.74) is 3.85. The average molecular weight is 245 g/mol. The summed E-state index contributed by atoms with van der Waals surface area (Å²) in [6.45, 7) is 13.4. The van der Waals surface area contributed by atoms with Crippen LogP contribution in [0.5, 0.6) is 0 Å². The fraction of sp³-hybridized carbons (Fsp3) is 0.500. The van der Waals surface area contributed by atoms with Gasteiger partial charge in [0.15, 0.2) is 0 Å². The van der Waals surface area contributed by atoms with Crippen LogP contribution in [0.4, 0.5) is 5.69 Å². The van der Waals surface area contributed by atoms with Crippen LogP contribution < -0.4 is 4.90 Å². The summed E-state index contributed by atoms with van der Waals surface area (Å²) in [7, 11) is 0. The van der Waals surface area contributed by atoms with Gasteiger partial charge in [0.05, 0.1) is 6.61 Å². The molecule has 0 amide bonds. The normalized spacial score (nSPS) is 17.1. The molecule has 2 rings (SSSR count). The van der Waals surface area contributed by atoms with Gasteiger partial charge in [-0.15, -0.1) is 0 Å². The Morgan fingerprint density at radius 3 is 2.67 bits per heavy atom. The van der Waals surface area contributed by atoms with E-state index in [1.54, 1.807) is 0 Å². The van der Waals surface area contributed by atoms with E-state index in [4.69, 9.17) is 4.74 Å². The van der Waals surface area contributed by atoms with E-state index in [2.05, 4.69) is 56.5 Å². The topological polar surface area (TPSA) is 12.5 Å². The predicted octanol–water partition coefficient (Wildman–Crippen LogP) is 3.72. The van der Waals surface area contributed by atoms with Crippen LogP contribution in [0.3, 0.4) is 0 Å². The molecule has 2 heteroatoms. The number of benzene rings is 1. The van der Waals surface area contributed by atoms with Gasteiger partial charge in [-0.3, -0.25) is 0 Å². The van der Waals surface area contributed by atoms with E-state index in [1.807, 2.05) is 0 Å². The maximum atomic E-state index is 5.59. The Kier molecular flexibility index (Phi) is 3.76. The van der Waals surface area contributed by atoms with Gasteiger partial charge in [-0.25, -0.2) is 0 Å². The predicted molar refractivity (Wildman–Crippen MR) is 77.1 cm³/mol. The number of fused-ring (bicyclic) bond motifs is 1. The molecule has 0 aromatic heterocycles. The van der Waals surface area contributed by atoms with Crippen LogP contribution >= 0.6 is 0 Å². The molecule has 0 fully saturated rings. The van der Waals surface area contributed by atoms with Gasteiger partial charge in [0.25, 0.3) is 0 Å². The smallest absolute Gasteiger partial charge is 0.0645 e. The molecule has 1 aromatic rings. The molecule has 0 bridgehead atoms. The van der Waals surface area contributed by atoms with E-state index in [1.165, 1.54) is 16.9 Å². The zero-order chi connectivity index (χ0) is 13.2. The Morgan fingerprint density at radius 1 is 1.22 bits per heavy atom. The lowest BCUT2D eigenvalue weighted by Crippen LogP contribution is -2.28. The number of para-hydroxylation sites is 1. The molecule has 1 heterocycles. The summed E-state index contributed by atoms with van der Waals surface area (Å²) in [6, 6.07) is 8.57. The number of hydrogen-bond donors (Lipinski definition) is 0. The largest absolute Gasteiger partial charge is 0.380 e. The van der Waals surface area contributed by atoms with Crippen LogP contribution in [0.1, 0.15) is 32.8 Å². The third kappa shape index (κ3) is 2.17. The standard InChI is InChI=1S/C16H23NO/c1-5-11-18-12-10-17-13(2)16(3,4)14-8-6-7-9-15(14)17/h6-9H,2,5,10-12H2,1,3-4H3. The van der Waals surface area contributed by atoms with E-state index in [-0.39, 0.29) is 5.41 Å². The third-order valence-corrected chi connectivity index (χ3v) is 3.72. The van der Waals surface area contributed by atoms with Gasteiger partial charge < -0.3 is 9.64 Å². The molecule has 0 radical (unpaired) electrons. The van der Waals surface area contributed by atoms with E-state index < -0.39 is 0 Å². The van der Waals surface area contributed by atoms with Crippen molar-refractivity contribution in [3.8, 4) is 0 Å². The van der Waals surface area contributed by atoms with Crippen molar-refractivity contribution in [2.24, 2.45) is 0 Å². The molecule has 0 atom stereocenters. The number of rotatable bonds is 5. The zero-order valence-electron chi connectivity index (χ0n) is 11.7. The van der Waals surface area contributed by atoms with Gasteiger partial charge in [0, 0.05) is 30.0 Å². The fourth-order valence-electron chi connectivity index (χ4n) is 2.53. The van der Waals surface area contributed by atoms with Crippen LogP contribution in [-0.4, -0.2) is 19.8 Å². The molecule has 98 valence electrons. The lowest BCUT2D eigenvalue weighted by molar-refractivity contribution is 0.141. The van der Waals surface area contributed by atoms with Crippen molar-refractivity contribution < 1.29 is 4.74 Å². The fourth-order valence-corrected chi connectivity index (χ4v) is 2.53. The van der Waals surface area contributed by atoms with Crippen molar-refractivity contribution >= 4 is 5.69 Å². The molecule has 0 aliphatic carbocycles. The SMILES string of the molecule is C=C1N(CCOCCC)c2ccccc2C1(C)C. The molecular formula is C16H23NO. The summed E-state index contributed by atoms with van der Waals surface area (Å²) >= 11 is 0. The Hall–Kier alpha value is -1.28. The van der Waals surface area contributed by atoms with Gasteiger partial charge in [0.1, 0.15) is 0 Å². The average Bonchev–Trinajstić information content (AvgIpc) is 2.56. The first-order valence-corrected chi connectivity index (χ1v) is 6.73. The van der Waals surface area contributed by atoms with Crippen molar-refractivity contribution in [3.63, 3.8) is 0 Å². The van der Waals surface area contributed by atoms with Crippen LogP contribution in [0, 0.1) is 0 Å². The first-order valence-electron chi connectivity index (χ1n) is 6.73. The van der Waals surface area contributed by atoms with E-state index in [0.717, 1.165) is 26.2 Å². The highest BCUT2D eigenvalue weighted by molar-refractivity contribution is 5.69. The summed E-state index contributed by atoms with van der Waals surface area (Å²) < 4.78 is 5.59. The van der Waals surface area contributed by atoms with E-state index >= 15 is 0 Å². The minimum absolute atomic E-state index is 0.0291. The second kappa shape index (κ2) is 5.15. The van der Waals surface area contributed by atoms with Gasteiger partial charge in [0.2, 0.25) is 0 Å². The number of anilines is 1. The highest BCUT2D eigenvalue weighted by Gasteiger charge is 2.38. The quantitative estimate of drug-likeness (QED) is 0.733. The molecule has 0 unspecified atom stereocenters. The minimum Gasteiger partial charge on any atom is -0.380 e. The highest BCUT2D eigenvalue weighted by Crippen LogP contribution is 2.46. The molecular weight excluding hydrogens is 222 g/mol. The number of nitrogens with zero attached hydrogens (tertiary/aromatic N) is 1. The van der Waals surface area contributed by atoms with E-state index in [9.17, 15) is 0 Å². The first kappa shape index (κ1) is 13.2. The third-order valence-electron chi connectivity index (χ3n) is 3.72. The number of allylic oxidation sites excluding steroid dienone is 1. The summed E-state index contributed by atoms with van der Waals surface area (Å²) in [5, 5.41) is 0. The molecule has 0 saturated carbocycles. The molecule has 1 aromatic carbocycles. The lowest BCUT2D eigenvalue weighted by Gasteiger charge is -2.25. The molecule has 0 N–H and O–H groups in total. The maximum Gasteiger partial charge on any atom is 0.0645 e. The minimum atomic E-state index is 0.0291. The Balaban J connectivity index is 2.15. The second-order valence-corrected chi connectivity index (χ2v) is 5.35. The molecule has 0 saturated heterocycles. The molecule has 18 heavy (non-hydrogen) atoms. The van der Waals surface area contributed by atoms with Gasteiger partial charge in [-0.2, -0.15) is 0 Å². The summed E-state index contributed by atoms with van der Waals surface area (Å²) in [5.74, 6) is 0. The molecule has 2 nitrogen and oxygen atoms in total. The van der Waals surface area contributed by atoms with Crippen molar-refractivity contribution in [2.45, 2.75) is 32.6 Å².